The third-order valence-corrected chi connectivity index (χ3v) is 7.91. The summed E-state index contributed by atoms with van der Waals surface area (Å²) in [6.07, 6.45) is 7.06. The molecule has 4 aromatic rings. The standard InChI is InChI=1S/C30H36N10O2/c1-39(2)30-33-17-24(18-34-30)21-7-3-19(4-8-21)15-26(27(32)41)40(29(42)23-9-5-20(16-31)6-10-23)25-13-11-22(12-14-25)28-35-37-38-36-28/h3-4,7-8,11-14,17-18,20,23,26H,5-6,9-10,15-16,31H2,1-2H3,(H2,32,41)(H,35,36,37,38)/t20?,23?,26-/m0/s1. The van der Waals surface area contributed by atoms with Crippen LogP contribution in [0.1, 0.15) is 31.2 Å². The van der Waals surface area contributed by atoms with Crippen molar-refractivity contribution in [1.29, 1.82) is 0 Å². The Morgan fingerprint density at radius 1 is 0.929 bits per heavy atom. The fourth-order valence-electron chi connectivity index (χ4n) is 5.43. The maximum absolute atomic E-state index is 14.1. The summed E-state index contributed by atoms with van der Waals surface area (Å²) in [6.45, 7) is 0.619. The third kappa shape index (κ3) is 6.44. The zero-order valence-corrected chi connectivity index (χ0v) is 23.8. The number of nitrogens with one attached hydrogen (secondary N) is 1. The highest BCUT2D eigenvalue weighted by molar-refractivity contribution is 6.01. The first-order valence-corrected chi connectivity index (χ1v) is 14.1. The number of H-pyrrole nitrogens is 1. The van der Waals surface area contributed by atoms with Crippen molar-refractivity contribution in [2.75, 3.05) is 30.4 Å². The van der Waals surface area contributed by atoms with Gasteiger partial charge in [0.25, 0.3) is 0 Å². The fraction of sp³-hybridized carbons (Fsp3) is 0.367. The van der Waals surface area contributed by atoms with Crippen molar-refractivity contribution in [3.8, 4) is 22.5 Å². The van der Waals surface area contributed by atoms with E-state index < -0.39 is 11.9 Å². The maximum atomic E-state index is 14.1. The van der Waals surface area contributed by atoms with Gasteiger partial charge in [0, 0.05) is 55.6 Å². The molecule has 0 saturated heterocycles. The Bertz CT molecular complexity index is 1460. The van der Waals surface area contributed by atoms with Crippen LogP contribution in [0.25, 0.3) is 22.5 Å². The fourth-order valence-corrected chi connectivity index (χ4v) is 5.43. The molecule has 2 aromatic heterocycles. The van der Waals surface area contributed by atoms with Crippen LogP contribution in [0.2, 0.25) is 0 Å². The summed E-state index contributed by atoms with van der Waals surface area (Å²) >= 11 is 0. The van der Waals surface area contributed by atoms with Crippen LogP contribution >= 0.6 is 0 Å². The summed E-state index contributed by atoms with van der Waals surface area (Å²) in [5.74, 6) is 0.610. The quantitative estimate of drug-likeness (QED) is 0.260. The number of carbonyl (C=O) groups is 2. The SMILES string of the molecule is CN(C)c1ncc(-c2ccc(C[C@@H](C(N)=O)N(C(=O)C3CCC(CN)CC3)c3ccc(-c4nn[nH]n4)cc3)cc2)cn1. The second kappa shape index (κ2) is 12.9. The van der Waals surface area contributed by atoms with Gasteiger partial charge < -0.3 is 16.4 Å². The molecule has 0 aliphatic heterocycles. The van der Waals surface area contributed by atoms with Crippen molar-refractivity contribution in [3.63, 3.8) is 0 Å². The number of tetrazole rings is 1. The number of rotatable bonds is 10. The molecule has 0 bridgehead atoms. The summed E-state index contributed by atoms with van der Waals surface area (Å²) in [5.41, 5.74) is 15.9. The van der Waals surface area contributed by atoms with Gasteiger partial charge in [-0.3, -0.25) is 14.5 Å². The van der Waals surface area contributed by atoms with Gasteiger partial charge in [-0.05, 0) is 78.8 Å². The number of nitrogens with zero attached hydrogens (tertiary/aromatic N) is 7. The first-order valence-electron chi connectivity index (χ1n) is 14.1. The number of benzene rings is 2. The van der Waals surface area contributed by atoms with E-state index in [4.69, 9.17) is 11.5 Å². The Morgan fingerprint density at radius 2 is 1.57 bits per heavy atom. The lowest BCUT2D eigenvalue weighted by Gasteiger charge is -2.35. The number of aromatic amines is 1. The predicted octanol–water partition coefficient (Wildman–Crippen LogP) is 2.58. The van der Waals surface area contributed by atoms with Crippen molar-refractivity contribution >= 4 is 23.5 Å². The highest BCUT2D eigenvalue weighted by Crippen LogP contribution is 2.33. The molecule has 2 aromatic carbocycles. The van der Waals surface area contributed by atoms with Crippen molar-refractivity contribution in [2.24, 2.45) is 23.3 Å². The molecule has 12 heteroatoms. The molecule has 1 aliphatic carbocycles. The Hall–Kier alpha value is -4.71. The van der Waals surface area contributed by atoms with E-state index in [1.165, 1.54) is 0 Å². The zero-order chi connectivity index (χ0) is 29.6. The molecule has 0 radical (unpaired) electrons. The molecular formula is C30H36N10O2. The van der Waals surface area contributed by atoms with Crippen LogP contribution in [0.15, 0.2) is 60.9 Å². The van der Waals surface area contributed by atoms with Crippen LogP contribution in [0.3, 0.4) is 0 Å². The lowest BCUT2D eigenvalue weighted by molar-refractivity contribution is -0.127. The molecule has 0 unspecified atom stereocenters. The van der Waals surface area contributed by atoms with Crippen LogP contribution in [-0.2, 0) is 16.0 Å². The van der Waals surface area contributed by atoms with Gasteiger partial charge in [-0.2, -0.15) is 5.21 Å². The van der Waals surface area contributed by atoms with Gasteiger partial charge >= 0.3 is 0 Å². The summed E-state index contributed by atoms with van der Waals surface area (Å²) < 4.78 is 0. The molecule has 5 N–H and O–H groups in total. The lowest BCUT2D eigenvalue weighted by atomic mass is 9.81. The monoisotopic (exact) mass is 568 g/mol. The van der Waals surface area contributed by atoms with Crippen molar-refractivity contribution in [2.45, 2.75) is 38.1 Å². The van der Waals surface area contributed by atoms with Gasteiger partial charge in [0.05, 0.1) is 0 Å². The molecule has 1 fully saturated rings. The van der Waals surface area contributed by atoms with Crippen LogP contribution in [0.5, 0.6) is 0 Å². The van der Waals surface area contributed by atoms with Crippen LogP contribution < -0.4 is 21.3 Å². The molecule has 12 nitrogen and oxygen atoms in total. The van der Waals surface area contributed by atoms with E-state index in [1.807, 2.05) is 55.4 Å². The minimum atomic E-state index is -0.880. The highest BCUT2D eigenvalue weighted by atomic mass is 16.2. The molecular weight excluding hydrogens is 532 g/mol. The Kier molecular flexibility index (Phi) is 8.82. The largest absolute Gasteiger partial charge is 0.368 e. The van der Waals surface area contributed by atoms with Gasteiger partial charge in [-0.25, -0.2) is 9.97 Å². The Labute approximate surface area is 244 Å². The van der Waals surface area contributed by atoms with Gasteiger partial charge in [0.2, 0.25) is 23.6 Å². The summed E-state index contributed by atoms with van der Waals surface area (Å²) in [7, 11) is 3.78. The average Bonchev–Trinajstić information content (AvgIpc) is 3.57. The van der Waals surface area contributed by atoms with Crippen LogP contribution in [0.4, 0.5) is 11.6 Å². The van der Waals surface area contributed by atoms with Gasteiger partial charge in [-0.1, -0.05) is 24.3 Å². The number of carbonyl (C=O) groups excluding carboxylic acids is 2. The van der Waals surface area contributed by atoms with Crippen LogP contribution in [-0.4, -0.2) is 69.1 Å². The number of primary amides is 1. The zero-order valence-electron chi connectivity index (χ0n) is 23.8. The summed E-state index contributed by atoms with van der Waals surface area (Å²) in [6, 6.07) is 14.1. The third-order valence-electron chi connectivity index (χ3n) is 7.91. The van der Waals surface area contributed by atoms with Gasteiger partial charge in [0.15, 0.2) is 0 Å². The van der Waals surface area contributed by atoms with Crippen molar-refractivity contribution in [1.82, 2.24) is 30.6 Å². The molecule has 1 aliphatic rings. The number of amides is 2. The van der Waals surface area contributed by atoms with Gasteiger partial charge in [-0.15, -0.1) is 10.2 Å². The number of nitrogens with two attached hydrogens (primary N) is 2. The molecule has 1 saturated carbocycles. The molecule has 5 rings (SSSR count). The van der Waals surface area contributed by atoms with E-state index in [0.29, 0.717) is 29.9 Å². The molecule has 2 heterocycles. The van der Waals surface area contributed by atoms with E-state index in [2.05, 4.69) is 30.6 Å². The Balaban J connectivity index is 1.42. The number of anilines is 2. The molecule has 42 heavy (non-hydrogen) atoms. The molecule has 1 atom stereocenters. The Morgan fingerprint density at radius 3 is 2.12 bits per heavy atom. The first-order chi connectivity index (χ1) is 20.3. The minimum Gasteiger partial charge on any atom is -0.368 e. The first kappa shape index (κ1) is 28.8. The van der Waals surface area contributed by atoms with E-state index in [-0.39, 0.29) is 18.2 Å². The minimum absolute atomic E-state index is 0.101. The van der Waals surface area contributed by atoms with Crippen LogP contribution in [0, 0.1) is 11.8 Å². The predicted molar refractivity (Wildman–Crippen MR) is 160 cm³/mol. The van der Waals surface area contributed by atoms with Crippen molar-refractivity contribution in [3.05, 3.63) is 66.5 Å². The second-order valence-corrected chi connectivity index (χ2v) is 10.9. The van der Waals surface area contributed by atoms with E-state index in [0.717, 1.165) is 47.9 Å². The molecule has 2 amide bonds. The molecule has 0 spiro atoms. The number of hydrogen-bond acceptors (Lipinski definition) is 9. The average molecular weight is 569 g/mol. The molecule has 218 valence electrons. The summed E-state index contributed by atoms with van der Waals surface area (Å²) in [5, 5.41) is 14.1. The van der Waals surface area contributed by atoms with E-state index in [9.17, 15) is 9.59 Å². The number of aromatic nitrogens is 6. The van der Waals surface area contributed by atoms with E-state index in [1.54, 1.807) is 29.4 Å². The number of hydrogen-bond donors (Lipinski definition) is 3. The highest BCUT2D eigenvalue weighted by Gasteiger charge is 2.36. The topological polar surface area (TPSA) is 173 Å². The second-order valence-electron chi connectivity index (χ2n) is 10.9. The van der Waals surface area contributed by atoms with Gasteiger partial charge in [0.1, 0.15) is 6.04 Å². The smallest absolute Gasteiger partial charge is 0.240 e. The summed E-state index contributed by atoms with van der Waals surface area (Å²) in [4.78, 5) is 39.3. The maximum Gasteiger partial charge on any atom is 0.240 e. The normalized spacial score (nSPS) is 17.4. The lowest BCUT2D eigenvalue weighted by Crippen LogP contribution is -2.52. The van der Waals surface area contributed by atoms with E-state index >= 15 is 0 Å². The van der Waals surface area contributed by atoms with Crippen molar-refractivity contribution < 1.29 is 9.59 Å².